The van der Waals surface area contributed by atoms with Crippen molar-refractivity contribution < 1.29 is 4.74 Å². The first-order valence-corrected chi connectivity index (χ1v) is 4.67. The molecule has 2 nitrogen and oxygen atoms in total. The minimum absolute atomic E-state index is 0.578. The van der Waals surface area contributed by atoms with Crippen molar-refractivity contribution in [2.45, 2.75) is 31.7 Å². The number of hydrogen-bond donors (Lipinski definition) is 1. The summed E-state index contributed by atoms with van der Waals surface area (Å²) in [5.41, 5.74) is 5.82. The molecule has 0 aromatic heterocycles. The molecule has 2 aliphatic rings. The molecule has 0 heterocycles. The highest BCUT2D eigenvalue weighted by atomic mass is 16.5. The van der Waals surface area contributed by atoms with Crippen LogP contribution in [0.3, 0.4) is 0 Å². The van der Waals surface area contributed by atoms with Crippen molar-refractivity contribution in [1.29, 1.82) is 0 Å². The summed E-state index contributed by atoms with van der Waals surface area (Å²) in [6.07, 6.45) is 7.04. The van der Waals surface area contributed by atoms with Gasteiger partial charge in [0, 0.05) is 6.04 Å². The molecule has 2 heteroatoms. The maximum Gasteiger partial charge on any atom is 0.0766 e. The molecule has 2 bridgehead atoms. The van der Waals surface area contributed by atoms with E-state index in [9.17, 15) is 0 Å². The van der Waals surface area contributed by atoms with Crippen molar-refractivity contribution in [1.82, 2.24) is 0 Å². The molecule has 2 N–H and O–H groups in total. The third-order valence-corrected chi connectivity index (χ3v) is 2.96. The van der Waals surface area contributed by atoms with Crippen LogP contribution in [-0.2, 0) is 4.74 Å². The number of ether oxygens (including phenoxy) is 1. The van der Waals surface area contributed by atoms with E-state index in [0.717, 1.165) is 11.8 Å². The van der Waals surface area contributed by atoms with Crippen LogP contribution in [0.1, 0.15) is 25.7 Å². The summed E-state index contributed by atoms with van der Waals surface area (Å²) in [6.45, 7) is 3.26. The van der Waals surface area contributed by atoms with Crippen molar-refractivity contribution in [3.05, 3.63) is 12.8 Å². The highest BCUT2D eigenvalue weighted by Crippen LogP contribution is 2.43. The Balaban J connectivity index is 0.000000157. The summed E-state index contributed by atoms with van der Waals surface area (Å²) in [5, 5.41) is 0. The second-order valence-corrected chi connectivity index (χ2v) is 3.74. The third-order valence-electron chi connectivity index (χ3n) is 2.96. The van der Waals surface area contributed by atoms with Gasteiger partial charge in [-0.25, -0.2) is 0 Å². The van der Waals surface area contributed by atoms with Crippen molar-refractivity contribution >= 4 is 0 Å². The van der Waals surface area contributed by atoms with E-state index in [1.165, 1.54) is 31.9 Å². The molecule has 0 saturated heterocycles. The highest BCUT2D eigenvalue weighted by molar-refractivity contribution is 4.91. The monoisotopic (exact) mass is 169 g/mol. The summed E-state index contributed by atoms with van der Waals surface area (Å²) in [6, 6.07) is 0.578. The summed E-state index contributed by atoms with van der Waals surface area (Å²) in [4.78, 5) is 0. The number of nitrogens with two attached hydrogens (primary N) is 1. The molecule has 0 radical (unpaired) electrons. The number of methoxy groups -OCH3 is 1. The van der Waals surface area contributed by atoms with E-state index in [1.807, 2.05) is 0 Å². The minimum Gasteiger partial charge on any atom is -0.505 e. The Bertz CT molecular complexity index is 145. The fourth-order valence-corrected chi connectivity index (χ4v) is 2.29. The average Bonchev–Trinajstić information content (AvgIpc) is 2.65. The second kappa shape index (κ2) is 4.51. The quantitative estimate of drug-likeness (QED) is 0.608. The van der Waals surface area contributed by atoms with Gasteiger partial charge < -0.3 is 10.5 Å². The molecular formula is C10H19NO. The molecule has 2 rings (SSSR count). The van der Waals surface area contributed by atoms with Gasteiger partial charge in [-0.05, 0) is 31.1 Å². The van der Waals surface area contributed by atoms with Crippen molar-refractivity contribution in [2.24, 2.45) is 17.6 Å². The molecular weight excluding hydrogens is 150 g/mol. The van der Waals surface area contributed by atoms with E-state index in [1.54, 1.807) is 7.11 Å². The zero-order valence-electron chi connectivity index (χ0n) is 7.83. The van der Waals surface area contributed by atoms with Crippen LogP contribution in [0.15, 0.2) is 12.8 Å². The molecule has 0 amide bonds. The molecule has 2 saturated carbocycles. The van der Waals surface area contributed by atoms with Crippen molar-refractivity contribution in [3.63, 3.8) is 0 Å². The molecule has 3 unspecified atom stereocenters. The Morgan fingerprint density at radius 1 is 1.42 bits per heavy atom. The first-order valence-electron chi connectivity index (χ1n) is 4.67. The summed E-state index contributed by atoms with van der Waals surface area (Å²) >= 11 is 0. The zero-order valence-corrected chi connectivity index (χ0v) is 7.83. The van der Waals surface area contributed by atoms with Gasteiger partial charge in [0.05, 0.1) is 13.4 Å². The van der Waals surface area contributed by atoms with Gasteiger partial charge in [0.1, 0.15) is 0 Å². The van der Waals surface area contributed by atoms with Gasteiger partial charge in [-0.1, -0.05) is 13.0 Å². The lowest BCUT2D eigenvalue weighted by atomic mass is 9.96. The van der Waals surface area contributed by atoms with Crippen LogP contribution in [0.5, 0.6) is 0 Å². The molecule has 0 aliphatic heterocycles. The Hall–Kier alpha value is -0.500. The Morgan fingerprint density at radius 3 is 2.25 bits per heavy atom. The van der Waals surface area contributed by atoms with Crippen molar-refractivity contribution in [2.75, 3.05) is 7.11 Å². The molecule has 2 fully saturated rings. The average molecular weight is 169 g/mol. The topological polar surface area (TPSA) is 35.2 Å². The standard InChI is InChI=1S/C7H13N.C3H6O/c8-7-4-5-1-2-6(7)3-5;1-3-4-2/h5-7H,1-4,8H2;3H,1H2,2H3. The van der Waals surface area contributed by atoms with Crippen LogP contribution in [0.2, 0.25) is 0 Å². The van der Waals surface area contributed by atoms with Crippen LogP contribution in [0.4, 0.5) is 0 Å². The Labute approximate surface area is 74.8 Å². The van der Waals surface area contributed by atoms with E-state index in [-0.39, 0.29) is 0 Å². The molecule has 0 aromatic carbocycles. The predicted molar refractivity (Wildman–Crippen MR) is 50.6 cm³/mol. The van der Waals surface area contributed by atoms with Gasteiger partial charge >= 0.3 is 0 Å². The maximum atomic E-state index is 5.82. The molecule has 0 aromatic rings. The van der Waals surface area contributed by atoms with E-state index in [2.05, 4.69) is 11.3 Å². The van der Waals surface area contributed by atoms with Gasteiger partial charge in [-0.2, -0.15) is 0 Å². The first kappa shape index (κ1) is 9.59. The fourth-order valence-electron chi connectivity index (χ4n) is 2.29. The smallest absolute Gasteiger partial charge is 0.0766 e. The van der Waals surface area contributed by atoms with E-state index in [0.29, 0.717) is 6.04 Å². The normalized spacial score (nSPS) is 37.0. The largest absolute Gasteiger partial charge is 0.505 e. The van der Waals surface area contributed by atoms with E-state index >= 15 is 0 Å². The van der Waals surface area contributed by atoms with Crippen molar-refractivity contribution in [3.8, 4) is 0 Å². The van der Waals surface area contributed by atoms with E-state index in [4.69, 9.17) is 5.73 Å². The lowest BCUT2D eigenvalue weighted by Gasteiger charge is -2.15. The molecule has 0 spiro atoms. The third kappa shape index (κ3) is 2.24. The number of fused-ring (bicyclic) bond motifs is 2. The van der Waals surface area contributed by atoms with Crippen LogP contribution in [0.25, 0.3) is 0 Å². The minimum atomic E-state index is 0.578. The Morgan fingerprint density at radius 2 is 2.08 bits per heavy atom. The van der Waals surface area contributed by atoms with Gasteiger partial charge in [0.25, 0.3) is 0 Å². The van der Waals surface area contributed by atoms with Gasteiger partial charge in [-0.3, -0.25) is 0 Å². The molecule has 3 atom stereocenters. The Kier molecular flexibility index (Phi) is 3.60. The molecule has 70 valence electrons. The second-order valence-electron chi connectivity index (χ2n) is 3.74. The molecule has 2 aliphatic carbocycles. The van der Waals surface area contributed by atoms with Crippen LogP contribution >= 0.6 is 0 Å². The lowest BCUT2D eigenvalue weighted by Crippen LogP contribution is -2.26. The van der Waals surface area contributed by atoms with Crippen LogP contribution in [0, 0.1) is 11.8 Å². The maximum absolute atomic E-state index is 5.82. The van der Waals surface area contributed by atoms with Gasteiger partial charge in [0.15, 0.2) is 0 Å². The number of rotatable bonds is 1. The van der Waals surface area contributed by atoms with Crippen LogP contribution in [-0.4, -0.2) is 13.2 Å². The fraction of sp³-hybridized carbons (Fsp3) is 0.800. The van der Waals surface area contributed by atoms with Crippen LogP contribution < -0.4 is 5.73 Å². The van der Waals surface area contributed by atoms with E-state index < -0.39 is 0 Å². The summed E-state index contributed by atoms with van der Waals surface area (Å²) in [7, 11) is 1.56. The summed E-state index contributed by atoms with van der Waals surface area (Å²) in [5.74, 6) is 1.94. The first-order chi connectivity index (χ1) is 5.77. The van der Waals surface area contributed by atoms with Gasteiger partial charge in [0.2, 0.25) is 0 Å². The predicted octanol–water partition coefficient (Wildman–Crippen LogP) is 1.91. The number of hydrogen-bond acceptors (Lipinski definition) is 2. The highest BCUT2D eigenvalue weighted by Gasteiger charge is 2.36. The van der Waals surface area contributed by atoms with Gasteiger partial charge in [-0.15, -0.1) is 0 Å². The summed E-state index contributed by atoms with van der Waals surface area (Å²) < 4.78 is 4.31. The SMILES string of the molecule is C=COC.NC1CC2CCC1C2. The zero-order chi connectivity index (χ0) is 8.97. The molecule has 12 heavy (non-hydrogen) atoms. The lowest BCUT2D eigenvalue weighted by molar-refractivity contribution is 0.339.